The predicted octanol–water partition coefficient (Wildman–Crippen LogP) is 3.91. The first-order valence-electron chi connectivity index (χ1n) is 6.32. The third-order valence-electron chi connectivity index (χ3n) is 3.35. The number of hydrogen-bond donors (Lipinski definition) is 2. The number of anilines is 1. The lowest BCUT2D eigenvalue weighted by Crippen LogP contribution is -2.48. The van der Waals surface area contributed by atoms with Crippen LogP contribution in [0.5, 0.6) is 5.75 Å². The number of amides is 1. The van der Waals surface area contributed by atoms with Gasteiger partial charge < -0.3 is 15.8 Å². The molecule has 8 heteroatoms. The fourth-order valence-electron chi connectivity index (χ4n) is 2.18. The van der Waals surface area contributed by atoms with Crippen molar-refractivity contribution in [3.8, 4) is 5.75 Å². The van der Waals surface area contributed by atoms with E-state index in [0.29, 0.717) is 0 Å². The van der Waals surface area contributed by atoms with Crippen molar-refractivity contribution in [2.24, 2.45) is 5.73 Å². The maximum Gasteiger partial charge on any atom is 0.387 e. The van der Waals surface area contributed by atoms with E-state index in [4.69, 9.17) is 17.3 Å². The van der Waals surface area contributed by atoms with Crippen LogP contribution >= 0.6 is 27.5 Å². The summed E-state index contributed by atoms with van der Waals surface area (Å²) in [4.78, 5) is 12.0. The highest BCUT2D eigenvalue weighted by molar-refractivity contribution is 9.10. The van der Waals surface area contributed by atoms with E-state index in [1.807, 2.05) is 0 Å². The molecule has 4 nitrogen and oxygen atoms in total. The van der Waals surface area contributed by atoms with Crippen molar-refractivity contribution in [2.45, 2.75) is 37.8 Å². The minimum absolute atomic E-state index is 0.0857. The second-order valence-corrected chi connectivity index (χ2v) is 6.37. The molecular formula is C13H14BrClF2N2O2. The van der Waals surface area contributed by atoms with E-state index in [9.17, 15) is 13.6 Å². The van der Waals surface area contributed by atoms with Crippen LogP contribution in [0, 0.1) is 0 Å². The molecule has 0 bridgehead atoms. The van der Waals surface area contributed by atoms with Gasteiger partial charge in [-0.1, -0.05) is 11.6 Å². The molecule has 1 amide bonds. The highest BCUT2D eigenvalue weighted by atomic mass is 79.9. The van der Waals surface area contributed by atoms with Crippen LogP contribution in [-0.2, 0) is 4.79 Å². The number of ether oxygens (including phenoxy) is 1. The maximum atomic E-state index is 12.4. The number of hydrogen-bond acceptors (Lipinski definition) is 3. The average Bonchev–Trinajstić information content (AvgIpc) is 2.31. The highest BCUT2D eigenvalue weighted by Gasteiger charge is 2.34. The minimum atomic E-state index is -3.01. The van der Waals surface area contributed by atoms with Crippen LogP contribution < -0.4 is 15.8 Å². The Morgan fingerprint density at radius 2 is 2.19 bits per heavy atom. The Bertz CT molecular complexity index is 553. The number of alkyl halides is 2. The van der Waals surface area contributed by atoms with Gasteiger partial charge in [0.15, 0.2) is 5.75 Å². The number of rotatable bonds is 5. The van der Waals surface area contributed by atoms with Crippen molar-refractivity contribution in [1.29, 1.82) is 0 Å². The molecule has 3 N–H and O–H groups in total. The van der Waals surface area contributed by atoms with Crippen LogP contribution in [0.2, 0.25) is 5.02 Å². The van der Waals surface area contributed by atoms with Crippen LogP contribution in [0.4, 0.5) is 14.5 Å². The zero-order chi connectivity index (χ0) is 15.6. The topological polar surface area (TPSA) is 64.4 Å². The van der Waals surface area contributed by atoms with Crippen molar-refractivity contribution in [1.82, 2.24) is 0 Å². The molecule has 0 saturated heterocycles. The van der Waals surface area contributed by atoms with E-state index in [1.165, 1.54) is 12.1 Å². The van der Waals surface area contributed by atoms with Gasteiger partial charge in [-0.15, -0.1) is 0 Å². The smallest absolute Gasteiger partial charge is 0.387 e. The molecule has 0 atom stereocenters. The molecule has 116 valence electrons. The first-order valence-corrected chi connectivity index (χ1v) is 7.49. The summed E-state index contributed by atoms with van der Waals surface area (Å²) in [6.07, 6.45) is 2.68. The Kier molecular flexibility index (Phi) is 5.06. The van der Waals surface area contributed by atoms with Crippen molar-refractivity contribution < 1.29 is 18.3 Å². The van der Waals surface area contributed by atoms with E-state index >= 15 is 0 Å². The summed E-state index contributed by atoms with van der Waals surface area (Å²) in [5.74, 6) is -0.520. The van der Waals surface area contributed by atoms with Crippen LogP contribution in [0.3, 0.4) is 0 Å². The third-order valence-corrected chi connectivity index (χ3v) is 4.16. The number of nitrogens with two attached hydrogens (primary N) is 1. The summed E-state index contributed by atoms with van der Waals surface area (Å²) in [6, 6.07) is 2.76. The number of halogens is 4. The molecule has 1 aromatic carbocycles. The summed E-state index contributed by atoms with van der Waals surface area (Å²) in [5.41, 5.74) is 5.58. The van der Waals surface area contributed by atoms with Gasteiger partial charge in [-0.3, -0.25) is 4.79 Å². The van der Waals surface area contributed by atoms with E-state index in [1.54, 1.807) is 0 Å². The summed E-state index contributed by atoms with van der Waals surface area (Å²) < 4.78 is 29.5. The Morgan fingerprint density at radius 3 is 2.71 bits per heavy atom. The van der Waals surface area contributed by atoms with Crippen molar-refractivity contribution in [3.05, 3.63) is 21.6 Å². The van der Waals surface area contributed by atoms with Gasteiger partial charge in [-0.2, -0.15) is 8.78 Å². The molecule has 1 fully saturated rings. The second-order valence-electron chi connectivity index (χ2n) is 5.08. The lowest BCUT2D eigenvalue weighted by Gasteiger charge is -2.37. The predicted molar refractivity (Wildman–Crippen MR) is 79.8 cm³/mol. The normalized spacial score (nSPS) is 16.5. The first-order chi connectivity index (χ1) is 9.79. The standard InChI is InChI=1S/C13H14BrClF2N2O2/c14-8-4-7(15)5-9(11(8)21-12(16)17)19-10(20)6-13(18)2-1-3-13/h4-5,12H,1-3,6,18H2,(H,19,20). The zero-order valence-corrected chi connectivity index (χ0v) is 13.3. The number of nitrogens with one attached hydrogen (secondary N) is 1. The molecule has 0 aliphatic heterocycles. The van der Waals surface area contributed by atoms with Gasteiger partial charge in [0.2, 0.25) is 5.91 Å². The molecule has 1 aliphatic carbocycles. The van der Waals surface area contributed by atoms with Crippen molar-refractivity contribution >= 4 is 39.1 Å². The van der Waals surface area contributed by atoms with Gasteiger partial charge in [0.05, 0.1) is 10.2 Å². The Hall–Kier alpha value is -0.920. The van der Waals surface area contributed by atoms with Gasteiger partial charge in [0.1, 0.15) is 0 Å². The molecule has 21 heavy (non-hydrogen) atoms. The highest BCUT2D eigenvalue weighted by Crippen LogP contribution is 2.38. The van der Waals surface area contributed by atoms with Crippen LogP contribution in [0.15, 0.2) is 16.6 Å². The molecule has 0 radical (unpaired) electrons. The maximum absolute atomic E-state index is 12.4. The van der Waals surface area contributed by atoms with Gasteiger partial charge in [0.25, 0.3) is 0 Å². The minimum Gasteiger partial charge on any atom is -0.431 e. The number of benzene rings is 1. The summed E-state index contributed by atoms with van der Waals surface area (Å²) >= 11 is 8.95. The van der Waals surface area contributed by atoms with Crippen molar-refractivity contribution in [2.75, 3.05) is 5.32 Å². The fourth-order valence-corrected chi connectivity index (χ4v) is 3.09. The molecule has 0 heterocycles. The van der Waals surface area contributed by atoms with Crippen LogP contribution in [0.25, 0.3) is 0 Å². The molecule has 0 aromatic heterocycles. The summed E-state index contributed by atoms with van der Waals surface area (Å²) in [5, 5.41) is 2.81. The largest absolute Gasteiger partial charge is 0.431 e. The Labute approximate surface area is 134 Å². The molecule has 0 unspecified atom stereocenters. The van der Waals surface area contributed by atoms with Gasteiger partial charge in [-0.25, -0.2) is 0 Å². The SMILES string of the molecule is NC1(CC(=O)Nc2cc(Cl)cc(Br)c2OC(F)F)CCC1. The molecule has 0 spiro atoms. The Balaban J connectivity index is 2.15. The van der Waals surface area contributed by atoms with E-state index < -0.39 is 12.2 Å². The third kappa shape index (κ3) is 4.28. The summed E-state index contributed by atoms with van der Waals surface area (Å²) in [7, 11) is 0. The van der Waals surface area contributed by atoms with Gasteiger partial charge in [0, 0.05) is 17.0 Å². The zero-order valence-electron chi connectivity index (χ0n) is 11.0. The molecule has 1 aliphatic rings. The average molecular weight is 384 g/mol. The second kappa shape index (κ2) is 6.46. The Morgan fingerprint density at radius 1 is 1.52 bits per heavy atom. The molecular weight excluding hydrogens is 370 g/mol. The lowest BCUT2D eigenvalue weighted by atomic mass is 9.75. The number of carbonyl (C=O) groups excluding carboxylic acids is 1. The van der Waals surface area contributed by atoms with Crippen LogP contribution in [0.1, 0.15) is 25.7 Å². The number of carbonyl (C=O) groups is 1. The van der Waals surface area contributed by atoms with Gasteiger partial charge >= 0.3 is 6.61 Å². The fraction of sp³-hybridized carbons (Fsp3) is 0.462. The molecule has 1 saturated carbocycles. The quantitative estimate of drug-likeness (QED) is 0.810. The van der Waals surface area contributed by atoms with Crippen molar-refractivity contribution in [3.63, 3.8) is 0 Å². The van der Waals surface area contributed by atoms with Gasteiger partial charge in [-0.05, 0) is 47.3 Å². The molecule has 1 aromatic rings. The van der Waals surface area contributed by atoms with E-state index in [2.05, 4.69) is 26.0 Å². The first kappa shape index (κ1) is 16.5. The summed E-state index contributed by atoms with van der Waals surface area (Å²) in [6.45, 7) is -3.01. The lowest BCUT2D eigenvalue weighted by molar-refractivity contribution is -0.118. The molecule has 2 rings (SSSR count). The van der Waals surface area contributed by atoms with E-state index in [0.717, 1.165) is 19.3 Å². The van der Waals surface area contributed by atoms with E-state index in [-0.39, 0.29) is 33.3 Å². The van der Waals surface area contributed by atoms with Crippen LogP contribution in [-0.4, -0.2) is 18.1 Å². The monoisotopic (exact) mass is 382 g/mol.